The van der Waals surface area contributed by atoms with Gasteiger partial charge in [0.25, 0.3) is 0 Å². The first-order valence-electron chi connectivity index (χ1n) is 7.12. The van der Waals surface area contributed by atoms with E-state index in [0.717, 1.165) is 17.9 Å². The van der Waals surface area contributed by atoms with Gasteiger partial charge in [0.05, 0.1) is 12.8 Å². The van der Waals surface area contributed by atoms with Gasteiger partial charge in [0.1, 0.15) is 10.6 Å². The summed E-state index contributed by atoms with van der Waals surface area (Å²) in [4.78, 5) is 17.3. The molecule has 1 aliphatic rings. The largest absolute Gasteiger partial charge is 0.497 e. The van der Waals surface area contributed by atoms with Crippen molar-refractivity contribution >= 4 is 23.0 Å². The molecule has 1 aromatic heterocycles. The number of methoxy groups -OCH3 is 1. The Balaban J connectivity index is 1.58. The third-order valence-corrected chi connectivity index (χ3v) is 4.72. The van der Waals surface area contributed by atoms with Gasteiger partial charge < -0.3 is 9.57 Å². The van der Waals surface area contributed by atoms with Crippen molar-refractivity contribution in [1.29, 1.82) is 0 Å². The summed E-state index contributed by atoms with van der Waals surface area (Å²) >= 11 is 1.35. The second kappa shape index (κ2) is 6.32. The Morgan fingerprint density at radius 1 is 1.27 bits per heavy atom. The quantitative estimate of drug-likeness (QED) is 0.474. The standard InChI is InChI=1S/C17H17NO3S/c1-11(18-21-17(19)16-4-3-9-22-16)14-10-15(14)12-5-7-13(20-2)8-6-12/h3-9,14-15H,10H2,1-2H3/b18-11-. The van der Waals surface area contributed by atoms with Gasteiger partial charge in [0.15, 0.2) is 0 Å². The summed E-state index contributed by atoms with van der Waals surface area (Å²) in [7, 11) is 1.66. The number of ether oxygens (including phenoxy) is 1. The van der Waals surface area contributed by atoms with Crippen molar-refractivity contribution in [3.63, 3.8) is 0 Å². The van der Waals surface area contributed by atoms with Crippen molar-refractivity contribution in [3.8, 4) is 5.75 Å². The average Bonchev–Trinajstić information content (AvgIpc) is 3.17. The third kappa shape index (κ3) is 3.20. The van der Waals surface area contributed by atoms with Crippen molar-refractivity contribution in [2.75, 3.05) is 7.11 Å². The van der Waals surface area contributed by atoms with Gasteiger partial charge in [0.2, 0.25) is 0 Å². The van der Waals surface area contributed by atoms with Gasteiger partial charge in [-0.2, -0.15) is 0 Å². The van der Waals surface area contributed by atoms with Crippen LogP contribution >= 0.6 is 11.3 Å². The van der Waals surface area contributed by atoms with Gasteiger partial charge >= 0.3 is 5.97 Å². The maximum atomic E-state index is 11.7. The summed E-state index contributed by atoms with van der Waals surface area (Å²) in [5.41, 5.74) is 2.13. The Labute approximate surface area is 133 Å². The molecule has 0 bridgehead atoms. The van der Waals surface area contributed by atoms with Gasteiger partial charge in [-0.1, -0.05) is 23.4 Å². The number of hydrogen-bond acceptors (Lipinski definition) is 5. The fraction of sp³-hybridized carbons (Fsp3) is 0.294. The average molecular weight is 315 g/mol. The highest BCUT2D eigenvalue weighted by Gasteiger charge is 2.40. The molecular weight excluding hydrogens is 298 g/mol. The second-order valence-corrected chi connectivity index (χ2v) is 6.26. The highest BCUT2D eigenvalue weighted by molar-refractivity contribution is 7.11. The summed E-state index contributed by atoms with van der Waals surface area (Å²) in [5, 5.41) is 5.84. The van der Waals surface area contributed by atoms with Crippen LogP contribution in [0.1, 0.15) is 34.5 Å². The zero-order valence-corrected chi connectivity index (χ0v) is 13.3. The van der Waals surface area contributed by atoms with Crippen LogP contribution in [-0.4, -0.2) is 18.8 Å². The van der Waals surface area contributed by atoms with Gasteiger partial charge in [-0.3, -0.25) is 0 Å². The van der Waals surface area contributed by atoms with Crippen LogP contribution in [0.5, 0.6) is 5.75 Å². The first-order valence-corrected chi connectivity index (χ1v) is 8.00. The summed E-state index contributed by atoms with van der Waals surface area (Å²) in [5.74, 6) is 1.27. The molecular formula is C17H17NO3S. The molecule has 0 radical (unpaired) electrons. The van der Waals surface area contributed by atoms with E-state index in [9.17, 15) is 4.79 Å². The van der Waals surface area contributed by atoms with Crippen molar-refractivity contribution in [2.45, 2.75) is 19.3 Å². The normalized spacial score (nSPS) is 20.5. The van der Waals surface area contributed by atoms with E-state index in [4.69, 9.17) is 9.57 Å². The molecule has 0 amide bonds. The summed E-state index contributed by atoms with van der Waals surface area (Å²) in [6, 6.07) is 11.6. The lowest BCUT2D eigenvalue weighted by atomic mass is 10.1. The van der Waals surface area contributed by atoms with E-state index in [-0.39, 0.29) is 0 Å². The van der Waals surface area contributed by atoms with E-state index in [0.29, 0.717) is 16.7 Å². The van der Waals surface area contributed by atoms with Crippen LogP contribution in [0, 0.1) is 5.92 Å². The zero-order chi connectivity index (χ0) is 15.5. The number of thiophene rings is 1. The van der Waals surface area contributed by atoms with Crippen LogP contribution in [-0.2, 0) is 4.84 Å². The fourth-order valence-electron chi connectivity index (χ4n) is 2.50. The van der Waals surface area contributed by atoms with E-state index < -0.39 is 5.97 Å². The molecule has 1 heterocycles. The molecule has 1 saturated carbocycles. The maximum absolute atomic E-state index is 11.7. The molecule has 0 aliphatic heterocycles. The van der Waals surface area contributed by atoms with E-state index >= 15 is 0 Å². The van der Waals surface area contributed by atoms with Gasteiger partial charge in [-0.25, -0.2) is 4.79 Å². The summed E-state index contributed by atoms with van der Waals surface area (Å²) < 4.78 is 5.16. The van der Waals surface area contributed by atoms with Crippen LogP contribution < -0.4 is 4.74 Å². The number of hydrogen-bond donors (Lipinski definition) is 0. The van der Waals surface area contributed by atoms with Crippen LogP contribution in [0.15, 0.2) is 46.9 Å². The minimum Gasteiger partial charge on any atom is -0.497 e. The Morgan fingerprint density at radius 2 is 2.05 bits per heavy atom. The smallest absolute Gasteiger partial charge is 0.375 e. The minimum absolute atomic E-state index is 0.351. The van der Waals surface area contributed by atoms with E-state index in [1.54, 1.807) is 13.2 Å². The molecule has 0 N–H and O–H groups in total. The topological polar surface area (TPSA) is 47.9 Å². The number of rotatable bonds is 5. The number of carbonyl (C=O) groups is 1. The summed E-state index contributed by atoms with van der Waals surface area (Å²) in [6.07, 6.45) is 1.04. The van der Waals surface area contributed by atoms with Crippen molar-refractivity contribution in [3.05, 3.63) is 52.2 Å². The zero-order valence-electron chi connectivity index (χ0n) is 12.5. The molecule has 1 aromatic carbocycles. The van der Waals surface area contributed by atoms with Crippen molar-refractivity contribution < 1.29 is 14.4 Å². The number of nitrogens with zero attached hydrogens (tertiary/aromatic N) is 1. The molecule has 2 aromatic rings. The predicted octanol–water partition coefficient (Wildman–Crippen LogP) is 4.09. The summed E-state index contributed by atoms with van der Waals surface area (Å²) in [6.45, 7) is 1.91. The molecule has 0 spiro atoms. The van der Waals surface area contributed by atoms with Crippen LogP contribution in [0.3, 0.4) is 0 Å². The highest BCUT2D eigenvalue weighted by Crippen LogP contribution is 2.48. The van der Waals surface area contributed by atoms with Crippen LogP contribution in [0.2, 0.25) is 0 Å². The molecule has 2 unspecified atom stereocenters. The molecule has 4 nitrogen and oxygen atoms in total. The van der Waals surface area contributed by atoms with Crippen molar-refractivity contribution in [1.82, 2.24) is 0 Å². The number of oxime groups is 1. The molecule has 0 saturated heterocycles. The third-order valence-electron chi connectivity index (χ3n) is 3.87. The Hall–Kier alpha value is -2.14. The van der Waals surface area contributed by atoms with Crippen molar-refractivity contribution in [2.24, 2.45) is 11.1 Å². The van der Waals surface area contributed by atoms with E-state index in [1.807, 2.05) is 30.5 Å². The molecule has 1 fully saturated rings. The lowest BCUT2D eigenvalue weighted by Crippen LogP contribution is -2.03. The van der Waals surface area contributed by atoms with Gasteiger partial charge in [-0.05, 0) is 48.4 Å². The molecule has 22 heavy (non-hydrogen) atoms. The Morgan fingerprint density at radius 3 is 2.68 bits per heavy atom. The molecule has 3 rings (SSSR count). The van der Waals surface area contributed by atoms with Crippen LogP contribution in [0.25, 0.3) is 0 Å². The molecule has 114 valence electrons. The molecule has 2 atom stereocenters. The highest BCUT2D eigenvalue weighted by atomic mass is 32.1. The van der Waals surface area contributed by atoms with Gasteiger partial charge in [0, 0.05) is 5.92 Å². The van der Waals surface area contributed by atoms with E-state index in [1.165, 1.54) is 16.9 Å². The SMILES string of the molecule is COc1ccc(C2CC2/C(C)=N\OC(=O)c2cccs2)cc1. The molecule has 1 aliphatic carbocycles. The first kappa shape index (κ1) is 14.8. The number of carbonyl (C=O) groups excluding carboxylic acids is 1. The lowest BCUT2D eigenvalue weighted by Gasteiger charge is -2.03. The second-order valence-electron chi connectivity index (χ2n) is 5.31. The fourth-order valence-corrected chi connectivity index (χ4v) is 3.09. The number of benzene rings is 1. The van der Waals surface area contributed by atoms with Crippen LogP contribution in [0.4, 0.5) is 0 Å². The minimum atomic E-state index is -0.393. The van der Waals surface area contributed by atoms with Gasteiger partial charge in [-0.15, -0.1) is 11.3 Å². The predicted molar refractivity (Wildman–Crippen MR) is 86.7 cm³/mol. The Bertz CT molecular complexity index is 676. The van der Waals surface area contributed by atoms with E-state index in [2.05, 4.69) is 17.3 Å². The lowest BCUT2D eigenvalue weighted by molar-refractivity contribution is 0.0520. The monoisotopic (exact) mass is 315 g/mol. The first-order chi connectivity index (χ1) is 10.7. The maximum Gasteiger partial charge on any atom is 0.375 e. The molecule has 5 heteroatoms. The Kier molecular flexibility index (Phi) is 4.24.